The number of thiophene rings is 1. The van der Waals surface area contributed by atoms with Crippen LogP contribution < -0.4 is 58.2 Å². The fraction of sp³-hybridized carbons (Fsp3) is 0. The third-order valence-corrected chi connectivity index (χ3v) is 3.22. The molecule has 0 unspecified atom stereocenters. The molecule has 0 bridgehead atoms. The van der Waals surface area contributed by atoms with Crippen LogP contribution in [0.15, 0.2) is 36.4 Å². The monoisotopic (exact) mass is 454 g/mol. The van der Waals surface area contributed by atoms with Gasteiger partial charge in [-0.1, -0.05) is 18.2 Å². The molecule has 0 saturated heterocycles. The molecule has 0 N–H and O–H groups in total. The Labute approximate surface area is 156 Å². The molecule has 0 nitrogen and oxygen atoms in total. The second-order valence-electron chi connectivity index (χ2n) is 2.92. The van der Waals surface area contributed by atoms with Crippen LogP contribution >= 0.6 is 11.3 Å². The average Bonchev–Trinajstić information content (AvgIpc) is 2.56. The Morgan fingerprint density at radius 3 is 2.60 bits per heavy atom. The topological polar surface area (TPSA) is 0 Å². The first-order valence-corrected chi connectivity index (χ1v) is 4.96. The predicted octanol–water partition coefficient (Wildman–Crippen LogP) is 0.656. The average molecular weight is 454 g/mol. The van der Waals surface area contributed by atoms with Crippen molar-refractivity contribution in [3.8, 4) is 0 Å². The maximum Gasteiger partial charge on any atom is 1.00 e. The summed E-state index contributed by atoms with van der Waals surface area (Å²) in [4.78, 5) is 0. The molecule has 0 amide bonds. The zero-order valence-corrected chi connectivity index (χ0v) is 16.7. The minimum atomic E-state index is 0. The van der Waals surface area contributed by atoms with Crippen LogP contribution in [0.1, 0.15) is 0 Å². The van der Waals surface area contributed by atoms with Gasteiger partial charge in [0.2, 0.25) is 0 Å². The summed E-state index contributed by atoms with van der Waals surface area (Å²) in [6.45, 7) is 0. The van der Waals surface area contributed by atoms with Crippen LogP contribution in [-0.4, -0.2) is 0 Å². The van der Waals surface area contributed by atoms with Gasteiger partial charge in [-0.15, -0.1) is 11.5 Å². The summed E-state index contributed by atoms with van der Waals surface area (Å²) in [5.74, 6) is 0. The van der Waals surface area contributed by atoms with E-state index in [1.54, 1.807) is 11.3 Å². The first-order chi connectivity index (χ1) is 6.45. The SMILES string of the molecule is [Rb+].[Re].[c-]1cc[c-]c2c1sc1ccccc12. The van der Waals surface area contributed by atoms with E-state index in [0.717, 1.165) is 0 Å². The normalized spacial score (nSPS) is 9.60. The van der Waals surface area contributed by atoms with Gasteiger partial charge in [-0.3, -0.25) is 24.3 Å². The van der Waals surface area contributed by atoms with Gasteiger partial charge in [0.25, 0.3) is 0 Å². The molecule has 0 fully saturated rings. The number of hydrogen-bond donors (Lipinski definition) is 0. The number of rotatable bonds is 0. The second-order valence-corrected chi connectivity index (χ2v) is 3.98. The summed E-state index contributed by atoms with van der Waals surface area (Å²) < 4.78 is 2.51. The fourth-order valence-corrected chi connectivity index (χ4v) is 2.58. The molecule has 0 aliphatic rings. The van der Waals surface area contributed by atoms with Crippen molar-refractivity contribution in [2.45, 2.75) is 0 Å². The molecular weight excluding hydrogens is 448 g/mol. The number of hydrogen-bond acceptors (Lipinski definition) is 1. The van der Waals surface area contributed by atoms with E-state index in [9.17, 15) is 0 Å². The van der Waals surface area contributed by atoms with Crippen molar-refractivity contribution in [3.05, 3.63) is 48.5 Å². The van der Waals surface area contributed by atoms with Crippen LogP contribution in [0, 0.1) is 12.1 Å². The molecular formula is C12H6RbReS-. The molecule has 0 aliphatic carbocycles. The number of fused-ring (bicyclic) bond motifs is 3. The molecule has 15 heavy (non-hydrogen) atoms. The Bertz CT molecular complexity index is 523. The van der Waals surface area contributed by atoms with Crippen molar-refractivity contribution >= 4 is 31.5 Å². The third kappa shape index (κ3) is 2.69. The van der Waals surface area contributed by atoms with Crippen LogP contribution in [0.5, 0.6) is 0 Å². The standard InChI is InChI=1S/C12H6S.Rb.Re/c1-3-7-11-9(5-1)10-6-2-4-8-12(10)13-11;;/h1-5,7H;;/q-2;+1;. The molecule has 0 spiro atoms. The van der Waals surface area contributed by atoms with Crippen molar-refractivity contribution in [2.75, 3.05) is 0 Å². The minimum Gasteiger partial charge on any atom is -0.277 e. The molecule has 3 rings (SSSR count). The Hall–Kier alpha value is 1.13. The summed E-state index contributed by atoms with van der Waals surface area (Å²) in [6.07, 6.45) is 0. The summed E-state index contributed by atoms with van der Waals surface area (Å²) in [7, 11) is 0. The van der Waals surface area contributed by atoms with Gasteiger partial charge in [0.05, 0.1) is 0 Å². The van der Waals surface area contributed by atoms with Gasteiger partial charge < -0.3 is 0 Å². The van der Waals surface area contributed by atoms with E-state index < -0.39 is 0 Å². The van der Waals surface area contributed by atoms with Crippen LogP contribution in [0.2, 0.25) is 0 Å². The van der Waals surface area contributed by atoms with Gasteiger partial charge in [-0.05, 0) is 4.70 Å². The van der Waals surface area contributed by atoms with Crippen molar-refractivity contribution in [2.24, 2.45) is 0 Å². The van der Waals surface area contributed by atoms with E-state index in [-0.39, 0.29) is 78.6 Å². The summed E-state index contributed by atoms with van der Waals surface area (Å²) in [5.41, 5.74) is 0. The maximum atomic E-state index is 3.25. The minimum absolute atomic E-state index is 0. The van der Waals surface area contributed by atoms with Crippen molar-refractivity contribution in [1.82, 2.24) is 0 Å². The first kappa shape index (κ1) is 14.2. The Morgan fingerprint density at radius 1 is 1.00 bits per heavy atom. The van der Waals surface area contributed by atoms with E-state index in [0.29, 0.717) is 0 Å². The zero-order valence-electron chi connectivity index (χ0n) is 8.25. The fourth-order valence-electron chi connectivity index (χ4n) is 1.53. The summed E-state index contributed by atoms with van der Waals surface area (Å²) >= 11 is 1.77. The largest absolute Gasteiger partial charge is 1.00 e. The summed E-state index contributed by atoms with van der Waals surface area (Å²) in [6, 6.07) is 18.7. The molecule has 0 atom stereocenters. The van der Waals surface area contributed by atoms with Gasteiger partial charge in [0.1, 0.15) is 0 Å². The molecule has 2 aromatic carbocycles. The van der Waals surface area contributed by atoms with Crippen molar-refractivity contribution in [3.63, 3.8) is 0 Å². The van der Waals surface area contributed by atoms with E-state index in [2.05, 4.69) is 36.4 Å². The second kappa shape index (κ2) is 6.17. The molecule has 69 valence electrons. The molecule has 3 heteroatoms. The zero-order chi connectivity index (χ0) is 8.67. The third-order valence-electron chi connectivity index (χ3n) is 2.12. The Balaban J connectivity index is 0.000000562. The van der Waals surface area contributed by atoms with E-state index in [1.165, 1.54) is 20.2 Å². The van der Waals surface area contributed by atoms with E-state index >= 15 is 0 Å². The van der Waals surface area contributed by atoms with Crippen molar-refractivity contribution in [1.29, 1.82) is 0 Å². The van der Waals surface area contributed by atoms with Gasteiger partial charge >= 0.3 is 58.2 Å². The van der Waals surface area contributed by atoms with Gasteiger partial charge in [-0.2, -0.15) is 4.70 Å². The molecule has 3 aromatic rings. The van der Waals surface area contributed by atoms with E-state index in [4.69, 9.17) is 0 Å². The molecule has 1 radical (unpaired) electrons. The van der Waals surface area contributed by atoms with Crippen LogP contribution in [0.4, 0.5) is 0 Å². The first-order valence-electron chi connectivity index (χ1n) is 4.15. The van der Waals surface area contributed by atoms with Gasteiger partial charge in [-0.25, -0.2) is 16.7 Å². The predicted molar refractivity (Wildman–Crippen MR) is 57.0 cm³/mol. The summed E-state index contributed by atoms with van der Waals surface area (Å²) in [5, 5.41) is 2.49. The van der Waals surface area contributed by atoms with E-state index in [1.807, 2.05) is 12.1 Å². The quantitative estimate of drug-likeness (QED) is 0.439. The molecule has 0 saturated carbocycles. The number of benzene rings is 2. The van der Waals surface area contributed by atoms with Crippen LogP contribution in [0.3, 0.4) is 0 Å². The van der Waals surface area contributed by atoms with Gasteiger partial charge in [0.15, 0.2) is 0 Å². The van der Waals surface area contributed by atoms with Crippen LogP contribution in [0.25, 0.3) is 20.2 Å². The smallest absolute Gasteiger partial charge is 0.277 e. The maximum absolute atomic E-state index is 3.25. The van der Waals surface area contributed by atoms with Crippen LogP contribution in [-0.2, 0) is 20.4 Å². The molecule has 1 heterocycles. The van der Waals surface area contributed by atoms with Gasteiger partial charge in [0, 0.05) is 20.4 Å². The molecule has 0 aliphatic heterocycles. The Kier molecular flexibility index (Phi) is 5.83. The van der Waals surface area contributed by atoms with Crippen molar-refractivity contribution < 1.29 is 78.6 Å². The molecule has 1 aromatic heterocycles. The Morgan fingerprint density at radius 2 is 1.73 bits per heavy atom.